The van der Waals surface area contributed by atoms with Crippen molar-refractivity contribution in [2.75, 3.05) is 37.3 Å². The minimum atomic E-state index is 0.596. The molecule has 0 saturated carbocycles. The summed E-state index contributed by atoms with van der Waals surface area (Å²) in [5, 5.41) is 6.92. The quantitative estimate of drug-likeness (QED) is 0.837. The predicted molar refractivity (Wildman–Crippen MR) is 74.7 cm³/mol. The molecular weight excluding hydrogens is 210 g/mol. The Morgan fingerprint density at radius 1 is 1.24 bits per heavy atom. The molecule has 1 fully saturated rings. The Morgan fingerprint density at radius 2 is 1.94 bits per heavy atom. The minimum absolute atomic E-state index is 0.596. The van der Waals surface area contributed by atoms with Crippen LogP contribution in [-0.2, 0) is 0 Å². The van der Waals surface area contributed by atoms with Crippen LogP contribution >= 0.6 is 0 Å². The van der Waals surface area contributed by atoms with E-state index in [4.69, 9.17) is 0 Å². The Hall–Kier alpha value is -1.22. The van der Waals surface area contributed by atoms with Gasteiger partial charge in [0.25, 0.3) is 0 Å². The number of benzene rings is 1. The van der Waals surface area contributed by atoms with Crippen molar-refractivity contribution in [3.8, 4) is 0 Å². The van der Waals surface area contributed by atoms with Crippen molar-refractivity contribution in [3.05, 3.63) is 24.3 Å². The molecular formula is C14H23N3. The van der Waals surface area contributed by atoms with Crippen LogP contribution in [0.3, 0.4) is 0 Å². The third-order valence-electron chi connectivity index (χ3n) is 3.26. The lowest BCUT2D eigenvalue weighted by atomic mass is 10.1. The van der Waals surface area contributed by atoms with E-state index in [9.17, 15) is 0 Å². The topological polar surface area (TPSA) is 27.3 Å². The molecule has 94 valence electrons. The maximum atomic E-state index is 3.61. The van der Waals surface area contributed by atoms with Gasteiger partial charge in [0.1, 0.15) is 0 Å². The summed E-state index contributed by atoms with van der Waals surface area (Å²) in [5.41, 5.74) is 2.42. The second-order valence-corrected chi connectivity index (χ2v) is 4.85. The number of nitrogens with zero attached hydrogens (tertiary/aromatic N) is 1. The fourth-order valence-corrected chi connectivity index (χ4v) is 2.41. The van der Waals surface area contributed by atoms with Crippen LogP contribution in [-0.4, -0.2) is 37.6 Å². The van der Waals surface area contributed by atoms with Gasteiger partial charge in [0, 0.05) is 30.5 Å². The Bertz CT molecular complexity index is 334. The number of likely N-dealkylation sites (tertiary alicyclic amines) is 1. The first-order chi connectivity index (χ1) is 8.28. The third kappa shape index (κ3) is 3.63. The zero-order valence-electron chi connectivity index (χ0n) is 10.9. The summed E-state index contributed by atoms with van der Waals surface area (Å²) in [6, 6.07) is 9.19. The van der Waals surface area contributed by atoms with Gasteiger partial charge in [0.05, 0.1) is 0 Å². The van der Waals surface area contributed by atoms with Gasteiger partial charge in [-0.3, -0.25) is 0 Å². The molecule has 3 heteroatoms. The summed E-state index contributed by atoms with van der Waals surface area (Å²) >= 11 is 0. The number of hydrogen-bond donors (Lipinski definition) is 2. The molecule has 0 radical (unpaired) electrons. The van der Waals surface area contributed by atoms with Gasteiger partial charge in [-0.15, -0.1) is 0 Å². The molecule has 1 aliphatic rings. The Balaban J connectivity index is 1.89. The Labute approximate surface area is 104 Å². The molecule has 1 aromatic carbocycles. The summed E-state index contributed by atoms with van der Waals surface area (Å²) in [4.78, 5) is 2.40. The van der Waals surface area contributed by atoms with Crippen molar-refractivity contribution in [2.45, 2.75) is 25.8 Å². The Kier molecular flexibility index (Phi) is 4.26. The molecule has 0 amide bonds. The summed E-state index contributed by atoms with van der Waals surface area (Å²) in [5.74, 6) is 0. The highest BCUT2D eigenvalue weighted by molar-refractivity contribution is 5.54. The van der Waals surface area contributed by atoms with E-state index >= 15 is 0 Å². The van der Waals surface area contributed by atoms with Gasteiger partial charge < -0.3 is 15.5 Å². The van der Waals surface area contributed by atoms with E-state index in [1.54, 1.807) is 0 Å². The number of piperidine rings is 1. The van der Waals surface area contributed by atoms with E-state index in [2.05, 4.69) is 53.8 Å². The molecule has 1 atom stereocenters. The molecule has 2 rings (SSSR count). The molecule has 1 aliphatic heterocycles. The largest absolute Gasteiger partial charge is 0.385 e. The number of rotatable bonds is 4. The van der Waals surface area contributed by atoms with Crippen molar-refractivity contribution in [1.82, 2.24) is 4.90 Å². The van der Waals surface area contributed by atoms with Crippen LogP contribution in [0.5, 0.6) is 0 Å². The molecule has 3 nitrogen and oxygen atoms in total. The average molecular weight is 233 g/mol. The smallest absolute Gasteiger partial charge is 0.0388 e. The number of anilines is 2. The molecule has 0 aliphatic carbocycles. The van der Waals surface area contributed by atoms with E-state index in [0.29, 0.717) is 6.04 Å². The zero-order chi connectivity index (χ0) is 12.1. The average Bonchev–Trinajstić information content (AvgIpc) is 2.32. The molecule has 0 aromatic heterocycles. The number of likely N-dealkylation sites (N-methyl/N-ethyl adjacent to an activating group) is 1. The van der Waals surface area contributed by atoms with E-state index in [1.807, 2.05) is 0 Å². The van der Waals surface area contributed by atoms with E-state index in [1.165, 1.54) is 30.8 Å². The summed E-state index contributed by atoms with van der Waals surface area (Å²) in [6.45, 7) is 5.47. The maximum Gasteiger partial charge on any atom is 0.0388 e. The zero-order valence-corrected chi connectivity index (χ0v) is 10.9. The SMILES string of the molecule is CCNc1ccc(NC2CCCN(C)C2)cc1. The van der Waals surface area contributed by atoms with Crippen LogP contribution in [0.25, 0.3) is 0 Å². The minimum Gasteiger partial charge on any atom is -0.385 e. The molecule has 1 heterocycles. The van der Waals surface area contributed by atoms with Gasteiger partial charge in [-0.05, 0) is 57.6 Å². The lowest BCUT2D eigenvalue weighted by Gasteiger charge is -2.30. The van der Waals surface area contributed by atoms with Crippen molar-refractivity contribution >= 4 is 11.4 Å². The molecule has 0 bridgehead atoms. The van der Waals surface area contributed by atoms with Gasteiger partial charge in [-0.1, -0.05) is 0 Å². The fourth-order valence-electron chi connectivity index (χ4n) is 2.41. The summed E-state index contributed by atoms with van der Waals surface area (Å²) in [6.07, 6.45) is 2.57. The van der Waals surface area contributed by atoms with Crippen LogP contribution < -0.4 is 10.6 Å². The molecule has 2 N–H and O–H groups in total. The summed E-state index contributed by atoms with van der Waals surface area (Å²) < 4.78 is 0. The second kappa shape index (κ2) is 5.92. The van der Waals surface area contributed by atoms with Crippen LogP contribution in [0.2, 0.25) is 0 Å². The monoisotopic (exact) mass is 233 g/mol. The standard InChI is InChI=1S/C14H23N3/c1-3-15-12-6-8-13(9-7-12)16-14-5-4-10-17(2)11-14/h6-9,14-16H,3-5,10-11H2,1-2H3. The highest BCUT2D eigenvalue weighted by Gasteiger charge is 2.16. The van der Waals surface area contributed by atoms with Gasteiger partial charge in [0.15, 0.2) is 0 Å². The first-order valence-electron chi connectivity index (χ1n) is 6.57. The normalized spacial score (nSPS) is 21.2. The molecule has 0 spiro atoms. The van der Waals surface area contributed by atoms with Gasteiger partial charge in [-0.25, -0.2) is 0 Å². The number of nitrogens with one attached hydrogen (secondary N) is 2. The van der Waals surface area contributed by atoms with Crippen molar-refractivity contribution in [2.24, 2.45) is 0 Å². The van der Waals surface area contributed by atoms with Crippen molar-refractivity contribution in [3.63, 3.8) is 0 Å². The van der Waals surface area contributed by atoms with Crippen LogP contribution in [0.4, 0.5) is 11.4 Å². The first kappa shape index (κ1) is 12.2. The van der Waals surface area contributed by atoms with Crippen molar-refractivity contribution < 1.29 is 0 Å². The molecule has 1 aromatic rings. The van der Waals surface area contributed by atoms with Gasteiger partial charge in [0.2, 0.25) is 0 Å². The fraction of sp³-hybridized carbons (Fsp3) is 0.571. The van der Waals surface area contributed by atoms with Crippen LogP contribution in [0, 0.1) is 0 Å². The maximum absolute atomic E-state index is 3.61. The van der Waals surface area contributed by atoms with Gasteiger partial charge >= 0.3 is 0 Å². The highest BCUT2D eigenvalue weighted by atomic mass is 15.1. The number of hydrogen-bond acceptors (Lipinski definition) is 3. The van der Waals surface area contributed by atoms with Crippen molar-refractivity contribution in [1.29, 1.82) is 0 Å². The van der Waals surface area contributed by atoms with Crippen LogP contribution in [0.15, 0.2) is 24.3 Å². The van der Waals surface area contributed by atoms with E-state index < -0.39 is 0 Å². The summed E-state index contributed by atoms with van der Waals surface area (Å²) in [7, 11) is 2.20. The van der Waals surface area contributed by atoms with Crippen LogP contribution in [0.1, 0.15) is 19.8 Å². The Morgan fingerprint density at radius 3 is 2.59 bits per heavy atom. The third-order valence-corrected chi connectivity index (χ3v) is 3.26. The van der Waals surface area contributed by atoms with E-state index in [-0.39, 0.29) is 0 Å². The second-order valence-electron chi connectivity index (χ2n) is 4.85. The lowest BCUT2D eigenvalue weighted by molar-refractivity contribution is 0.261. The molecule has 17 heavy (non-hydrogen) atoms. The molecule has 1 saturated heterocycles. The first-order valence-corrected chi connectivity index (χ1v) is 6.57. The highest BCUT2D eigenvalue weighted by Crippen LogP contribution is 2.17. The lowest BCUT2D eigenvalue weighted by Crippen LogP contribution is -2.39. The predicted octanol–water partition coefficient (Wildman–Crippen LogP) is 2.62. The molecule has 1 unspecified atom stereocenters. The van der Waals surface area contributed by atoms with Gasteiger partial charge in [-0.2, -0.15) is 0 Å². The van der Waals surface area contributed by atoms with E-state index in [0.717, 1.165) is 13.1 Å².